The summed E-state index contributed by atoms with van der Waals surface area (Å²) in [5.74, 6) is 0. The second kappa shape index (κ2) is 32.3. The van der Waals surface area contributed by atoms with Gasteiger partial charge in [-0.15, -0.1) is 0 Å². The van der Waals surface area contributed by atoms with E-state index in [1.54, 1.807) is 0 Å². The van der Waals surface area contributed by atoms with Gasteiger partial charge in [-0.25, -0.2) is 0 Å². The van der Waals surface area contributed by atoms with Crippen LogP contribution in [0.2, 0.25) is 0 Å². The zero-order chi connectivity index (χ0) is 4.71. The van der Waals surface area contributed by atoms with Crippen LogP contribution in [0, 0.1) is 0 Å². The Hall–Kier alpha value is 0.110. The van der Waals surface area contributed by atoms with E-state index in [4.69, 9.17) is 9.59 Å². The molecule has 0 amide bonds. The van der Waals surface area contributed by atoms with Gasteiger partial charge in [-0.3, -0.25) is 0 Å². The molecule has 0 spiro atoms. The smallest absolute Gasteiger partial charge is 0.186 e. The standard InChI is InChI=1S/CH3I.CO2/c1-2;2-1-3/h1H3;. The van der Waals surface area contributed by atoms with Crippen LogP contribution in [0.1, 0.15) is 0 Å². The fourth-order valence-electron chi connectivity index (χ4n) is 0. The molecule has 0 aliphatic rings. The Kier molecular flexibility index (Phi) is 57.6. The third-order valence-corrected chi connectivity index (χ3v) is 0. The van der Waals surface area contributed by atoms with Crippen LogP contribution in [0.3, 0.4) is 0 Å². The fraction of sp³-hybridized carbons (Fsp3) is 0.500. The lowest BCUT2D eigenvalue weighted by Gasteiger charge is -1.05. The van der Waals surface area contributed by atoms with Gasteiger partial charge < -0.3 is 0 Å². The van der Waals surface area contributed by atoms with E-state index >= 15 is 0 Å². The first kappa shape index (κ1) is 8.92. The predicted molar refractivity (Wildman–Crippen MR) is 25.0 cm³/mol. The lowest BCUT2D eigenvalue weighted by atomic mass is 11.8. The molecule has 2 nitrogen and oxygen atoms in total. The van der Waals surface area contributed by atoms with Crippen LogP contribution >= 0.6 is 22.6 Å². The highest BCUT2D eigenvalue weighted by atomic mass is 127. The van der Waals surface area contributed by atoms with Crippen molar-refractivity contribution in [3.63, 3.8) is 0 Å². The maximum atomic E-state index is 8.12. The zero-order valence-electron chi connectivity index (χ0n) is 2.69. The molecule has 0 bridgehead atoms. The Morgan fingerprint density at radius 1 is 1.40 bits per heavy atom. The third-order valence-electron chi connectivity index (χ3n) is 0. The van der Waals surface area contributed by atoms with Gasteiger partial charge in [0.15, 0.2) is 0 Å². The quantitative estimate of drug-likeness (QED) is 0.407. The predicted octanol–water partition coefficient (Wildman–Crippen LogP) is 0.468. The van der Waals surface area contributed by atoms with Gasteiger partial charge in [-0.2, -0.15) is 9.59 Å². The van der Waals surface area contributed by atoms with Crippen molar-refractivity contribution in [2.45, 2.75) is 0 Å². The highest BCUT2D eigenvalue weighted by Gasteiger charge is 1.13. The van der Waals surface area contributed by atoms with Crippen LogP contribution in [0.4, 0.5) is 0 Å². The van der Waals surface area contributed by atoms with Crippen LogP contribution in [0.15, 0.2) is 0 Å². The van der Waals surface area contributed by atoms with E-state index in [2.05, 4.69) is 22.6 Å². The Bertz CT molecular complexity index is 28.6. The average Bonchev–Trinajstić information content (AvgIpc) is 1.46. The van der Waals surface area contributed by atoms with E-state index in [9.17, 15) is 0 Å². The molecule has 0 aromatic rings. The Morgan fingerprint density at radius 2 is 1.40 bits per heavy atom. The molecule has 0 saturated heterocycles. The number of hydrogen-bond donors (Lipinski definition) is 0. The first-order chi connectivity index (χ1) is 2.41. The normalized spacial score (nSPS) is 2.80. The van der Waals surface area contributed by atoms with Crippen LogP contribution in [0.5, 0.6) is 0 Å². The van der Waals surface area contributed by atoms with Crippen molar-refractivity contribution in [1.29, 1.82) is 0 Å². The summed E-state index contributed by atoms with van der Waals surface area (Å²) in [6.07, 6.45) is 0.250. The summed E-state index contributed by atoms with van der Waals surface area (Å²) in [7, 11) is 0. The number of halogens is 1. The van der Waals surface area contributed by atoms with Crippen molar-refractivity contribution < 1.29 is 9.59 Å². The van der Waals surface area contributed by atoms with Crippen molar-refractivity contribution in [2.24, 2.45) is 0 Å². The third kappa shape index (κ3) is 1510. The molecule has 0 aromatic carbocycles. The van der Waals surface area contributed by atoms with Gasteiger partial charge in [0.25, 0.3) is 0 Å². The van der Waals surface area contributed by atoms with E-state index < -0.39 is 0 Å². The summed E-state index contributed by atoms with van der Waals surface area (Å²) in [6, 6.07) is 0. The van der Waals surface area contributed by atoms with Gasteiger partial charge in [-0.1, -0.05) is 22.6 Å². The minimum atomic E-state index is 0.250. The van der Waals surface area contributed by atoms with Gasteiger partial charge in [0, 0.05) is 0 Å². The fourth-order valence-corrected chi connectivity index (χ4v) is 0. The second-order valence-corrected chi connectivity index (χ2v) is 0.0833. The number of rotatable bonds is 0. The van der Waals surface area contributed by atoms with E-state index in [1.165, 1.54) is 0 Å². The second-order valence-electron chi connectivity index (χ2n) is 0.0833. The number of hydrogen-bond acceptors (Lipinski definition) is 2. The lowest BCUT2D eigenvalue weighted by Crippen LogP contribution is -1.22. The number of alkyl halides is 1. The van der Waals surface area contributed by atoms with E-state index in [0.29, 0.717) is 0 Å². The largest absolute Gasteiger partial charge is 0.373 e. The summed E-state index contributed by atoms with van der Waals surface area (Å²) >= 11 is 2.15. The van der Waals surface area contributed by atoms with Gasteiger partial charge >= 0.3 is 6.15 Å². The maximum Gasteiger partial charge on any atom is 0.373 e. The molecule has 0 rings (SSSR count). The van der Waals surface area contributed by atoms with Crippen molar-refractivity contribution in [1.82, 2.24) is 0 Å². The molecule has 0 atom stereocenters. The molecular formula is C2H3IO2. The summed E-state index contributed by atoms with van der Waals surface area (Å²) in [5.41, 5.74) is 0. The van der Waals surface area contributed by atoms with Crippen LogP contribution in [0.25, 0.3) is 0 Å². The van der Waals surface area contributed by atoms with Crippen molar-refractivity contribution >= 4 is 28.7 Å². The molecule has 0 aliphatic heterocycles. The highest BCUT2D eigenvalue weighted by molar-refractivity contribution is 14.1. The molecule has 0 aliphatic carbocycles. The van der Waals surface area contributed by atoms with Gasteiger partial charge in [0.2, 0.25) is 0 Å². The lowest BCUT2D eigenvalue weighted by molar-refractivity contribution is -0.191. The van der Waals surface area contributed by atoms with Crippen molar-refractivity contribution in [3.05, 3.63) is 0 Å². The Morgan fingerprint density at radius 3 is 1.40 bits per heavy atom. The average molecular weight is 186 g/mol. The molecule has 3 heteroatoms. The van der Waals surface area contributed by atoms with Gasteiger partial charge in [0.1, 0.15) is 0 Å². The Labute approximate surface area is 43.7 Å². The number of carbonyl (C=O) groups excluding carboxylic acids is 2. The minimum Gasteiger partial charge on any atom is -0.186 e. The minimum absolute atomic E-state index is 0.250. The van der Waals surface area contributed by atoms with Crippen LogP contribution in [-0.2, 0) is 9.59 Å². The molecule has 0 radical (unpaired) electrons. The molecular weight excluding hydrogens is 183 g/mol. The Balaban J connectivity index is 0. The van der Waals surface area contributed by atoms with Crippen molar-refractivity contribution in [2.75, 3.05) is 4.93 Å². The van der Waals surface area contributed by atoms with E-state index in [0.717, 1.165) is 0 Å². The van der Waals surface area contributed by atoms with Crippen molar-refractivity contribution in [3.8, 4) is 0 Å². The molecule has 0 heterocycles. The first-order valence-electron chi connectivity index (χ1n) is 0.786. The molecule has 0 aromatic heterocycles. The monoisotopic (exact) mass is 186 g/mol. The van der Waals surface area contributed by atoms with Gasteiger partial charge in [-0.05, 0) is 4.93 Å². The summed E-state index contributed by atoms with van der Waals surface area (Å²) < 4.78 is 0. The van der Waals surface area contributed by atoms with E-state index in [-0.39, 0.29) is 6.15 Å². The molecule has 0 N–H and O–H groups in total. The van der Waals surface area contributed by atoms with Crippen LogP contribution in [-0.4, -0.2) is 11.1 Å². The first-order valence-corrected chi connectivity index (χ1v) is 2.94. The van der Waals surface area contributed by atoms with Crippen LogP contribution < -0.4 is 0 Å². The van der Waals surface area contributed by atoms with Gasteiger partial charge in [0.05, 0.1) is 0 Å². The summed E-state index contributed by atoms with van der Waals surface area (Å²) in [4.78, 5) is 18.2. The molecule has 0 unspecified atom stereocenters. The SMILES string of the molecule is CI.O=C=O. The van der Waals surface area contributed by atoms with E-state index in [1.807, 2.05) is 4.93 Å². The molecule has 30 valence electrons. The summed E-state index contributed by atoms with van der Waals surface area (Å²) in [5, 5.41) is 0. The summed E-state index contributed by atoms with van der Waals surface area (Å²) in [6.45, 7) is 0. The molecule has 5 heavy (non-hydrogen) atoms. The zero-order valence-corrected chi connectivity index (χ0v) is 4.85. The molecule has 0 fully saturated rings. The maximum absolute atomic E-state index is 8.12. The molecule has 0 saturated carbocycles. The highest BCUT2D eigenvalue weighted by Crippen LogP contribution is 1.48. The topological polar surface area (TPSA) is 34.1 Å².